The predicted octanol–water partition coefficient (Wildman–Crippen LogP) is 4.27. The highest BCUT2D eigenvalue weighted by molar-refractivity contribution is 6.31. The molecule has 0 saturated carbocycles. The van der Waals surface area contributed by atoms with E-state index in [9.17, 15) is 0 Å². The minimum atomic E-state index is 0.0120. The fourth-order valence-electron chi connectivity index (χ4n) is 2.41. The van der Waals surface area contributed by atoms with E-state index >= 15 is 0 Å². The van der Waals surface area contributed by atoms with E-state index in [0.717, 1.165) is 21.9 Å². The molecule has 0 saturated heterocycles. The molecule has 0 aliphatic carbocycles. The molecule has 0 radical (unpaired) electrons. The minimum Gasteiger partial charge on any atom is -0.496 e. The van der Waals surface area contributed by atoms with Crippen LogP contribution in [-0.2, 0) is 0 Å². The average molecular weight is 290 g/mol. The Kier molecular flexibility index (Phi) is 4.69. The summed E-state index contributed by atoms with van der Waals surface area (Å²) in [5.41, 5.74) is 4.59. The van der Waals surface area contributed by atoms with E-state index < -0.39 is 0 Å². The smallest absolute Gasteiger partial charge is 0.123 e. The van der Waals surface area contributed by atoms with Crippen LogP contribution in [0.25, 0.3) is 0 Å². The van der Waals surface area contributed by atoms with E-state index in [4.69, 9.17) is 16.3 Å². The molecular formula is C17H20ClNO. The highest BCUT2D eigenvalue weighted by Gasteiger charge is 2.19. The van der Waals surface area contributed by atoms with Crippen molar-refractivity contribution in [3.05, 3.63) is 63.7 Å². The largest absolute Gasteiger partial charge is 0.496 e. The summed E-state index contributed by atoms with van der Waals surface area (Å²) in [5.74, 6) is 0.862. The molecule has 0 heterocycles. The van der Waals surface area contributed by atoms with Crippen LogP contribution in [0.1, 0.15) is 28.3 Å². The molecule has 2 aromatic rings. The molecule has 0 spiro atoms. The number of benzene rings is 2. The lowest BCUT2D eigenvalue weighted by Crippen LogP contribution is -2.19. The summed E-state index contributed by atoms with van der Waals surface area (Å²) in [5, 5.41) is 4.11. The Hall–Kier alpha value is -1.51. The van der Waals surface area contributed by atoms with Gasteiger partial charge in [0.1, 0.15) is 5.75 Å². The molecule has 106 valence electrons. The standard InChI is InChI=1S/C17H20ClNO/c1-11-9-14(15(18)10-12(11)2)17(19-3)13-7-5-6-8-16(13)20-4/h5-10,17,19H,1-4H3. The first kappa shape index (κ1) is 14.9. The van der Waals surface area contributed by atoms with Gasteiger partial charge in [-0.3, -0.25) is 0 Å². The monoisotopic (exact) mass is 289 g/mol. The molecule has 0 fully saturated rings. The van der Waals surface area contributed by atoms with Crippen LogP contribution in [0.4, 0.5) is 0 Å². The van der Waals surface area contributed by atoms with Crippen molar-refractivity contribution < 1.29 is 4.74 Å². The Morgan fingerprint density at radius 3 is 2.35 bits per heavy atom. The highest BCUT2D eigenvalue weighted by atomic mass is 35.5. The van der Waals surface area contributed by atoms with Crippen molar-refractivity contribution in [2.45, 2.75) is 19.9 Å². The van der Waals surface area contributed by atoms with Gasteiger partial charge in [0.05, 0.1) is 13.2 Å². The number of ether oxygens (including phenoxy) is 1. The van der Waals surface area contributed by atoms with Crippen LogP contribution in [0, 0.1) is 13.8 Å². The molecule has 3 heteroatoms. The van der Waals surface area contributed by atoms with E-state index in [0.29, 0.717) is 0 Å². The quantitative estimate of drug-likeness (QED) is 0.907. The van der Waals surface area contributed by atoms with Crippen molar-refractivity contribution in [2.75, 3.05) is 14.2 Å². The second-order valence-corrected chi connectivity index (χ2v) is 5.33. The Labute approximate surface area is 125 Å². The van der Waals surface area contributed by atoms with E-state index in [-0.39, 0.29) is 6.04 Å². The summed E-state index contributed by atoms with van der Waals surface area (Å²) in [7, 11) is 3.62. The van der Waals surface area contributed by atoms with Gasteiger partial charge in [0.2, 0.25) is 0 Å². The third-order valence-corrected chi connectivity index (χ3v) is 3.99. The Bertz CT molecular complexity index is 610. The van der Waals surface area contributed by atoms with Crippen molar-refractivity contribution in [3.63, 3.8) is 0 Å². The fraction of sp³-hybridized carbons (Fsp3) is 0.294. The second-order valence-electron chi connectivity index (χ2n) is 4.92. The number of rotatable bonds is 4. The van der Waals surface area contributed by atoms with Gasteiger partial charge in [-0.15, -0.1) is 0 Å². The maximum absolute atomic E-state index is 6.44. The lowest BCUT2D eigenvalue weighted by Gasteiger charge is -2.22. The maximum Gasteiger partial charge on any atom is 0.123 e. The fourth-order valence-corrected chi connectivity index (χ4v) is 2.74. The van der Waals surface area contributed by atoms with Crippen LogP contribution >= 0.6 is 11.6 Å². The Morgan fingerprint density at radius 2 is 1.70 bits per heavy atom. The van der Waals surface area contributed by atoms with Crippen LogP contribution in [0.15, 0.2) is 36.4 Å². The number of hydrogen-bond donors (Lipinski definition) is 1. The molecule has 2 rings (SSSR count). The van der Waals surface area contributed by atoms with Gasteiger partial charge >= 0.3 is 0 Å². The first-order chi connectivity index (χ1) is 9.58. The molecule has 2 nitrogen and oxygen atoms in total. The molecule has 0 aliphatic heterocycles. The lowest BCUT2D eigenvalue weighted by molar-refractivity contribution is 0.405. The summed E-state index contributed by atoms with van der Waals surface area (Å²) < 4.78 is 5.46. The number of nitrogens with one attached hydrogen (secondary N) is 1. The van der Waals surface area contributed by atoms with Gasteiger partial charge in [-0.2, -0.15) is 0 Å². The summed E-state index contributed by atoms with van der Waals surface area (Å²) >= 11 is 6.44. The second kappa shape index (κ2) is 6.29. The molecule has 1 atom stereocenters. The van der Waals surface area contributed by atoms with Crippen LogP contribution < -0.4 is 10.1 Å². The average Bonchev–Trinajstić information content (AvgIpc) is 2.45. The maximum atomic E-state index is 6.44. The Morgan fingerprint density at radius 1 is 1.05 bits per heavy atom. The molecule has 0 amide bonds. The lowest BCUT2D eigenvalue weighted by atomic mass is 9.95. The van der Waals surface area contributed by atoms with E-state index in [2.05, 4.69) is 31.3 Å². The first-order valence-corrected chi connectivity index (χ1v) is 7.03. The van der Waals surface area contributed by atoms with Gasteiger partial charge in [-0.1, -0.05) is 35.9 Å². The molecule has 1 N–H and O–H groups in total. The van der Waals surface area contributed by atoms with Gasteiger partial charge in [0.15, 0.2) is 0 Å². The highest BCUT2D eigenvalue weighted by Crippen LogP contribution is 2.34. The van der Waals surface area contributed by atoms with Crippen molar-refractivity contribution >= 4 is 11.6 Å². The third-order valence-electron chi connectivity index (χ3n) is 3.66. The number of aryl methyl sites for hydroxylation is 2. The number of hydrogen-bond acceptors (Lipinski definition) is 2. The predicted molar refractivity (Wildman–Crippen MR) is 84.8 cm³/mol. The number of halogens is 1. The summed E-state index contributed by atoms with van der Waals surface area (Å²) in [6.07, 6.45) is 0. The van der Waals surface area contributed by atoms with E-state index in [1.54, 1.807) is 7.11 Å². The third kappa shape index (κ3) is 2.82. The van der Waals surface area contributed by atoms with Gasteiger partial charge in [0, 0.05) is 10.6 Å². The number of para-hydroxylation sites is 1. The molecule has 0 aliphatic rings. The first-order valence-electron chi connectivity index (χ1n) is 6.65. The summed E-state index contributed by atoms with van der Waals surface area (Å²) in [4.78, 5) is 0. The SMILES string of the molecule is CNC(c1cc(C)c(C)cc1Cl)c1ccccc1OC. The zero-order chi connectivity index (χ0) is 14.7. The van der Waals surface area contributed by atoms with Crippen molar-refractivity contribution in [1.82, 2.24) is 5.32 Å². The van der Waals surface area contributed by atoms with Gasteiger partial charge in [0.25, 0.3) is 0 Å². The van der Waals surface area contributed by atoms with Crippen molar-refractivity contribution in [2.24, 2.45) is 0 Å². The van der Waals surface area contributed by atoms with E-state index in [1.165, 1.54) is 11.1 Å². The van der Waals surface area contributed by atoms with E-state index in [1.807, 2.05) is 31.3 Å². The van der Waals surface area contributed by atoms with Crippen LogP contribution in [0.2, 0.25) is 5.02 Å². The molecule has 0 bridgehead atoms. The molecule has 20 heavy (non-hydrogen) atoms. The minimum absolute atomic E-state index is 0.0120. The number of methoxy groups -OCH3 is 1. The topological polar surface area (TPSA) is 21.3 Å². The van der Waals surface area contributed by atoms with Crippen molar-refractivity contribution in [1.29, 1.82) is 0 Å². The molecule has 2 aromatic carbocycles. The summed E-state index contributed by atoms with van der Waals surface area (Å²) in [6, 6.07) is 12.2. The molecule has 1 unspecified atom stereocenters. The van der Waals surface area contributed by atoms with Crippen LogP contribution in [0.3, 0.4) is 0 Å². The summed E-state index contributed by atoms with van der Waals surface area (Å²) in [6.45, 7) is 4.17. The molecule has 0 aromatic heterocycles. The zero-order valence-electron chi connectivity index (χ0n) is 12.3. The van der Waals surface area contributed by atoms with Crippen molar-refractivity contribution in [3.8, 4) is 5.75 Å². The molecular weight excluding hydrogens is 270 g/mol. The Balaban J connectivity index is 2.55. The normalized spacial score (nSPS) is 12.2. The van der Waals surface area contributed by atoms with Crippen LogP contribution in [0.5, 0.6) is 5.75 Å². The van der Waals surface area contributed by atoms with Gasteiger partial charge in [-0.25, -0.2) is 0 Å². The zero-order valence-corrected chi connectivity index (χ0v) is 13.1. The van der Waals surface area contributed by atoms with Gasteiger partial charge < -0.3 is 10.1 Å². The van der Waals surface area contributed by atoms with Gasteiger partial charge in [-0.05, 0) is 49.7 Å². The van der Waals surface area contributed by atoms with Crippen LogP contribution in [-0.4, -0.2) is 14.2 Å².